The van der Waals surface area contributed by atoms with Crippen molar-refractivity contribution in [3.63, 3.8) is 0 Å². The minimum atomic E-state index is -1.08. The maximum absolute atomic E-state index is 11.6. The molecule has 2 aromatic rings. The van der Waals surface area contributed by atoms with Gasteiger partial charge in [-0.15, -0.1) is 0 Å². The molecule has 0 saturated heterocycles. The molecule has 0 aliphatic rings. The lowest BCUT2D eigenvalue weighted by Crippen LogP contribution is -2.17. The molecule has 0 aliphatic carbocycles. The predicted molar refractivity (Wildman–Crippen MR) is 75.8 cm³/mol. The summed E-state index contributed by atoms with van der Waals surface area (Å²) in [6.07, 6.45) is 3.13. The Labute approximate surface area is 119 Å². The molecule has 0 aromatic carbocycles. The normalized spacial score (nSPS) is 10.6. The van der Waals surface area contributed by atoms with Crippen molar-refractivity contribution in [2.24, 2.45) is 5.92 Å². The number of thiazole rings is 1. The molecule has 0 radical (unpaired) electrons. The number of aromatic carboxylic acids is 1. The number of aromatic nitrogens is 2. The minimum Gasteiger partial charge on any atom is -0.477 e. The summed E-state index contributed by atoms with van der Waals surface area (Å²) in [5.74, 6) is -1.48. The second kappa shape index (κ2) is 5.79. The number of carbonyl (C=O) groups is 2. The van der Waals surface area contributed by atoms with Crippen molar-refractivity contribution in [1.82, 2.24) is 9.97 Å². The van der Waals surface area contributed by atoms with E-state index < -0.39 is 5.97 Å². The molecular formula is C13H13N3O3S. The third kappa shape index (κ3) is 3.00. The number of rotatable bonds is 4. The molecule has 1 amide bonds. The van der Waals surface area contributed by atoms with Gasteiger partial charge in [0.25, 0.3) is 0 Å². The van der Waals surface area contributed by atoms with Gasteiger partial charge >= 0.3 is 5.97 Å². The number of nitrogens with zero attached hydrogens (tertiary/aromatic N) is 2. The molecule has 7 heteroatoms. The van der Waals surface area contributed by atoms with Crippen molar-refractivity contribution < 1.29 is 14.7 Å². The highest BCUT2D eigenvalue weighted by atomic mass is 32.1. The van der Waals surface area contributed by atoms with Crippen molar-refractivity contribution >= 4 is 28.3 Å². The average Bonchev–Trinajstić information content (AvgIpc) is 2.83. The van der Waals surface area contributed by atoms with Crippen LogP contribution in [-0.2, 0) is 4.79 Å². The zero-order valence-electron chi connectivity index (χ0n) is 11.0. The van der Waals surface area contributed by atoms with Crippen LogP contribution in [0.2, 0.25) is 0 Å². The van der Waals surface area contributed by atoms with Gasteiger partial charge in [-0.2, -0.15) is 0 Å². The molecule has 0 saturated carbocycles. The molecule has 0 unspecified atom stereocenters. The molecule has 6 nitrogen and oxygen atoms in total. The van der Waals surface area contributed by atoms with Gasteiger partial charge in [0, 0.05) is 23.9 Å². The maximum atomic E-state index is 11.6. The zero-order valence-corrected chi connectivity index (χ0v) is 11.8. The van der Waals surface area contributed by atoms with Crippen molar-refractivity contribution in [3.05, 3.63) is 29.4 Å². The van der Waals surface area contributed by atoms with Crippen molar-refractivity contribution in [3.8, 4) is 11.3 Å². The topological polar surface area (TPSA) is 92.2 Å². The van der Waals surface area contributed by atoms with Crippen molar-refractivity contribution in [2.45, 2.75) is 13.8 Å². The molecule has 0 bridgehead atoms. The molecule has 2 aromatic heterocycles. The Bertz CT molecular complexity index is 638. The Kier molecular flexibility index (Phi) is 4.09. The first-order chi connectivity index (χ1) is 9.49. The first-order valence-corrected chi connectivity index (χ1v) is 6.76. The SMILES string of the molecule is CC(C)C(=O)Nc1nc(-c2cccnc2)c(C(=O)O)s1. The van der Waals surface area contributed by atoms with Crippen LogP contribution in [0.25, 0.3) is 11.3 Å². The Morgan fingerprint density at radius 3 is 2.70 bits per heavy atom. The second-order valence-corrected chi connectivity index (χ2v) is 5.39. The largest absolute Gasteiger partial charge is 0.477 e. The van der Waals surface area contributed by atoms with Gasteiger partial charge in [0.2, 0.25) is 5.91 Å². The highest BCUT2D eigenvalue weighted by Crippen LogP contribution is 2.30. The predicted octanol–water partition coefficient (Wildman–Crippen LogP) is 2.50. The van der Waals surface area contributed by atoms with Crippen LogP contribution < -0.4 is 5.32 Å². The number of hydrogen-bond donors (Lipinski definition) is 2. The van der Waals surface area contributed by atoms with Crippen LogP contribution in [-0.4, -0.2) is 27.0 Å². The molecule has 2 rings (SSSR count). The maximum Gasteiger partial charge on any atom is 0.348 e. The van der Waals surface area contributed by atoms with Crippen LogP contribution in [0.5, 0.6) is 0 Å². The number of carbonyl (C=O) groups excluding carboxylic acids is 1. The summed E-state index contributed by atoms with van der Waals surface area (Å²) in [6.45, 7) is 3.51. The Balaban J connectivity index is 2.39. The van der Waals surface area contributed by atoms with Crippen molar-refractivity contribution in [1.29, 1.82) is 0 Å². The summed E-state index contributed by atoms with van der Waals surface area (Å²) >= 11 is 0.938. The summed E-state index contributed by atoms with van der Waals surface area (Å²) in [7, 11) is 0. The van der Waals surface area contributed by atoms with Gasteiger partial charge in [-0.3, -0.25) is 9.78 Å². The molecule has 0 fully saturated rings. The lowest BCUT2D eigenvalue weighted by molar-refractivity contribution is -0.118. The van der Waals surface area contributed by atoms with E-state index >= 15 is 0 Å². The molecule has 0 atom stereocenters. The number of carboxylic acids is 1. The fraction of sp³-hybridized carbons (Fsp3) is 0.231. The van der Waals surface area contributed by atoms with Crippen LogP contribution in [0.1, 0.15) is 23.5 Å². The lowest BCUT2D eigenvalue weighted by Gasteiger charge is -2.03. The van der Waals surface area contributed by atoms with E-state index in [0.717, 1.165) is 11.3 Å². The fourth-order valence-electron chi connectivity index (χ4n) is 1.47. The van der Waals surface area contributed by atoms with Crippen molar-refractivity contribution in [2.75, 3.05) is 5.32 Å². The summed E-state index contributed by atoms with van der Waals surface area (Å²) < 4.78 is 0. The number of carboxylic acid groups (broad SMARTS) is 1. The van der Waals surface area contributed by atoms with Crippen LogP contribution in [0.4, 0.5) is 5.13 Å². The van der Waals surface area contributed by atoms with Gasteiger partial charge in [0.15, 0.2) is 5.13 Å². The zero-order chi connectivity index (χ0) is 14.7. The lowest BCUT2D eigenvalue weighted by atomic mass is 10.2. The quantitative estimate of drug-likeness (QED) is 0.903. The van der Waals surface area contributed by atoms with E-state index in [0.29, 0.717) is 11.3 Å². The van der Waals surface area contributed by atoms with Gasteiger partial charge in [0.1, 0.15) is 4.88 Å². The second-order valence-electron chi connectivity index (χ2n) is 4.39. The monoisotopic (exact) mass is 291 g/mol. The first kappa shape index (κ1) is 14.1. The number of nitrogens with one attached hydrogen (secondary N) is 1. The van der Waals surface area contributed by atoms with E-state index in [4.69, 9.17) is 0 Å². The van der Waals surface area contributed by atoms with Gasteiger partial charge in [0.05, 0.1) is 5.69 Å². The van der Waals surface area contributed by atoms with E-state index in [1.54, 1.807) is 32.2 Å². The Hall–Kier alpha value is -2.28. The number of hydrogen-bond acceptors (Lipinski definition) is 5. The summed E-state index contributed by atoms with van der Waals surface area (Å²) in [4.78, 5) is 31.1. The van der Waals surface area contributed by atoms with E-state index in [2.05, 4.69) is 15.3 Å². The summed E-state index contributed by atoms with van der Waals surface area (Å²) in [6, 6.07) is 3.43. The van der Waals surface area contributed by atoms with Gasteiger partial charge in [-0.05, 0) is 12.1 Å². The molecule has 0 aliphatic heterocycles. The van der Waals surface area contributed by atoms with Gasteiger partial charge < -0.3 is 10.4 Å². The Morgan fingerprint density at radius 2 is 2.15 bits per heavy atom. The molecule has 0 spiro atoms. The molecular weight excluding hydrogens is 278 g/mol. The summed E-state index contributed by atoms with van der Waals surface area (Å²) in [5.41, 5.74) is 0.917. The first-order valence-electron chi connectivity index (χ1n) is 5.94. The average molecular weight is 291 g/mol. The van der Waals surface area contributed by atoms with E-state index in [-0.39, 0.29) is 21.8 Å². The van der Waals surface area contributed by atoms with Crippen LogP contribution >= 0.6 is 11.3 Å². The van der Waals surface area contributed by atoms with E-state index in [9.17, 15) is 14.7 Å². The molecule has 2 heterocycles. The summed E-state index contributed by atoms with van der Waals surface area (Å²) in [5, 5.41) is 12.1. The minimum absolute atomic E-state index is 0.0806. The molecule has 104 valence electrons. The Morgan fingerprint density at radius 1 is 1.40 bits per heavy atom. The highest BCUT2D eigenvalue weighted by Gasteiger charge is 2.20. The third-order valence-corrected chi connectivity index (χ3v) is 3.47. The smallest absolute Gasteiger partial charge is 0.348 e. The van der Waals surface area contributed by atoms with Crippen LogP contribution in [0.3, 0.4) is 0 Å². The number of anilines is 1. The standard InChI is InChI=1S/C13H13N3O3S/c1-7(2)11(17)16-13-15-9(10(20-13)12(18)19)8-4-3-5-14-6-8/h3-7H,1-2H3,(H,18,19)(H,15,16,17). The van der Waals surface area contributed by atoms with E-state index in [1.807, 2.05) is 0 Å². The highest BCUT2D eigenvalue weighted by molar-refractivity contribution is 7.18. The molecule has 20 heavy (non-hydrogen) atoms. The van der Waals surface area contributed by atoms with Gasteiger partial charge in [-0.25, -0.2) is 9.78 Å². The van der Waals surface area contributed by atoms with Crippen LogP contribution in [0.15, 0.2) is 24.5 Å². The van der Waals surface area contributed by atoms with Gasteiger partial charge in [-0.1, -0.05) is 25.2 Å². The van der Waals surface area contributed by atoms with E-state index in [1.165, 1.54) is 6.20 Å². The number of amides is 1. The molecule has 2 N–H and O–H groups in total. The van der Waals surface area contributed by atoms with Crippen LogP contribution in [0, 0.1) is 5.92 Å². The fourth-order valence-corrected chi connectivity index (χ4v) is 2.30. The third-order valence-electron chi connectivity index (χ3n) is 2.51. The number of pyridine rings is 1.